The van der Waals surface area contributed by atoms with Crippen molar-refractivity contribution in [3.8, 4) is 0 Å². The van der Waals surface area contributed by atoms with Gasteiger partial charge in [-0.15, -0.1) is 11.3 Å². The lowest BCUT2D eigenvalue weighted by Gasteiger charge is -2.28. The van der Waals surface area contributed by atoms with Gasteiger partial charge in [-0.25, -0.2) is 4.98 Å². The molecule has 1 heterocycles. The summed E-state index contributed by atoms with van der Waals surface area (Å²) in [6.45, 7) is 6.28. The molecular formula is C12H19N3OS2. The van der Waals surface area contributed by atoms with Gasteiger partial charge in [-0.05, 0) is 19.8 Å². The minimum absolute atomic E-state index is 0.0916. The normalized spacial score (nSPS) is 11.3. The third-order valence-corrected chi connectivity index (χ3v) is 4.51. The third kappa shape index (κ3) is 3.05. The summed E-state index contributed by atoms with van der Waals surface area (Å²) in [6, 6.07) is 0. The Morgan fingerprint density at radius 1 is 1.56 bits per heavy atom. The van der Waals surface area contributed by atoms with E-state index in [2.05, 4.69) is 10.3 Å². The first-order chi connectivity index (χ1) is 8.46. The molecule has 18 heavy (non-hydrogen) atoms. The summed E-state index contributed by atoms with van der Waals surface area (Å²) in [4.78, 5) is 17.7. The van der Waals surface area contributed by atoms with Crippen LogP contribution in [0.1, 0.15) is 36.6 Å². The first-order valence-electron chi connectivity index (χ1n) is 5.95. The summed E-state index contributed by atoms with van der Waals surface area (Å²) in [6.07, 6.45) is 3.01. The minimum atomic E-state index is -0.727. The molecule has 0 aliphatic heterocycles. The van der Waals surface area contributed by atoms with E-state index in [4.69, 9.17) is 18.0 Å². The number of nitrogens with zero attached hydrogens (tertiary/aromatic N) is 1. The van der Waals surface area contributed by atoms with Crippen LogP contribution in [0.3, 0.4) is 0 Å². The number of hydrogen-bond acceptors (Lipinski definition) is 4. The van der Waals surface area contributed by atoms with Crippen LogP contribution in [0.5, 0.6) is 0 Å². The number of carbonyl (C=O) groups excluding carboxylic acids is 1. The molecule has 4 nitrogen and oxygen atoms in total. The molecule has 0 unspecified atom stereocenters. The first kappa shape index (κ1) is 15.0. The number of carbonyl (C=O) groups is 1. The molecule has 0 saturated carbocycles. The maximum absolute atomic E-state index is 12.3. The molecule has 1 aromatic rings. The molecule has 0 fully saturated rings. The van der Waals surface area contributed by atoms with Gasteiger partial charge in [-0.2, -0.15) is 0 Å². The quantitative estimate of drug-likeness (QED) is 0.786. The van der Waals surface area contributed by atoms with E-state index in [0.717, 1.165) is 9.88 Å². The number of thiocarbonyl (C=S) groups is 1. The molecule has 0 bridgehead atoms. The van der Waals surface area contributed by atoms with Gasteiger partial charge in [0.15, 0.2) is 0 Å². The number of aryl methyl sites for hydroxylation is 1. The molecule has 3 N–H and O–H groups in total. The second-order valence-electron chi connectivity index (χ2n) is 4.18. The van der Waals surface area contributed by atoms with Crippen LogP contribution in [0.15, 0.2) is 6.20 Å². The van der Waals surface area contributed by atoms with Crippen molar-refractivity contribution >= 4 is 34.5 Å². The first-order valence-corrected chi connectivity index (χ1v) is 7.18. The van der Waals surface area contributed by atoms with E-state index in [1.807, 2.05) is 20.8 Å². The molecule has 0 aromatic carbocycles. The lowest BCUT2D eigenvalue weighted by Crippen LogP contribution is -2.48. The fraction of sp³-hybridized carbons (Fsp3) is 0.583. The van der Waals surface area contributed by atoms with E-state index in [9.17, 15) is 4.79 Å². The molecule has 0 radical (unpaired) electrons. The van der Waals surface area contributed by atoms with Crippen molar-refractivity contribution < 1.29 is 4.79 Å². The second-order valence-corrected chi connectivity index (χ2v) is 5.94. The molecule has 6 heteroatoms. The van der Waals surface area contributed by atoms with Crippen LogP contribution in [0.2, 0.25) is 0 Å². The summed E-state index contributed by atoms with van der Waals surface area (Å²) in [5, 5.41) is 3.89. The Bertz CT molecular complexity index is 438. The highest BCUT2D eigenvalue weighted by molar-refractivity contribution is 7.80. The van der Waals surface area contributed by atoms with Gasteiger partial charge in [0.25, 0.3) is 0 Å². The maximum atomic E-state index is 12.3. The van der Waals surface area contributed by atoms with Crippen molar-refractivity contribution in [2.24, 2.45) is 11.1 Å². The van der Waals surface area contributed by atoms with E-state index in [1.165, 1.54) is 0 Å². The van der Waals surface area contributed by atoms with Gasteiger partial charge >= 0.3 is 0 Å². The van der Waals surface area contributed by atoms with Crippen LogP contribution >= 0.6 is 23.6 Å². The van der Waals surface area contributed by atoms with Crippen molar-refractivity contribution in [3.63, 3.8) is 0 Å². The van der Waals surface area contributed by atoms with Gasteiger partial charge in [0.1, 0.15) is 0 Å². The zero-order chi connectivity index (χ0) is 13.8. The van der Waals surface area contributed by atoms with Crippen LogP contribution in [-0.2, 0) is 11.3 Å². The Hall–Kier alpha value is -1.01. The smallest absolute Gasteiger partial charge is 0.233 e. The van der Waals surface area contributed by atoms with Gasteiger partial charge in [0.05, 0.1) is 22.0 Å². The number of amides is 1. The molecule has 1 rings (SSSR count). The third-order valence-electron chi connectivity index (χ3n) is 3.21. The van der Waals surface area contributed by atoms with E-state index < -0.39 is 5.41 Å². The number of nitrogens with one attached hydrogen (secondary N) is 1. The zero-order valence-electron chi connectivity index (χ0n) is 10.9. The van der Waals surface area contributed by atoms with Crippen LogP contribution in [-0.4, -0.2) is 15.9 Å². The molecule has 0 spiro atoms. The lowest BCUT2D eigenvalue weighted by atomic mass is 9.81. The van der Waals surface area contributed by atoms with Crippen molar-refractivity contribution in [1.29, 1.82) is 0 Å². The van der Waals surface area contributed by atoms with Crippen LogP contribution in [0, 0.1) is 12.3 Å². The molecular weight excluding hydrogens is 266 g/mol. The van der Waals surface area contributed by atoms with E-state index in [-0.39, 0.29) is 10.9 Å². The Morgan fingerprint density at radius 3 is 2.56 bits per heavy atom. The van der Waals surface area contributed by atoms with E-state index in [1.54, 1.807) is 17.5 Å². The molecule has 1 amide bonds. The van der Waals surface area contributed by atoms with Gasteiger partial charge in [0.2, 0.25) is 5.91 Å². The fourth-order valence-corrected chi connectivity index (χ4v) is 2.97. The van der Waals surface area contributed by atoms with E-state index >= 15 is 0 Å². The maximum Gasteiger partial charge on any atom is 0.233 e. The number of thiazole rings is 1. The number of nitrogens with two attached hydrogens (primary N) is 1. The van der Waals surface area contributed by atoms with Crippen molar-refractivity contribution in [2.45, 2.75) is 40.2 Å². The number of aromatic nitrogens is 1. The van der Waals surface area contributed by atoms with Gasteiger partial charge in [-0.1, -0.05) is 26.1 Å². The topological polar surface area (TPSA) is 68.0 Å². The Labute approximate surface area is 117 Å². The largest absolute Gasteiger partial charge is 0.392 e. The molecule has 1 aromatic heterocycles. The van der Waals surface area contributed by atoms with Crippen LogP contribution < -0.4 is 11.1 Å². The summed E-state index contributed by atoms with van der Waals surface area (Å²) in [7, 11) is 0. The van der Waals surface area contributed by atoms with E-state index in [0.29, 0.717) is 19.4 Å². The zero-order valence-corrected chi connectivity index (χ0v) is 12.6. The highest BCUT2D eigenvalue weighted by Crippen LogP contribution is 2.27. The lowest BCUT2D eigenvalue weighted by molar-refractivity contribution is -0.128. The average Bonchev–Trinajstić information content (AvgIpc) is 2.74. The predicted molar refractivity (Wildman–Crippen MR) is 78.5 cm³/mol. The second kappa shape index (κ2) is 6.24. The van der Waals surface area contributed by atoms with Crippen molar-refractivity contribution in [3.05, 3.63) is 16.1 Å². The molecule has 0 saturated heterocycles. The highest BCUT2D eigenvalue weighted by Gasteiger charge is 2.37. The van der Waals surface area contributed by atoms with Gasteiger partial charge < -0.3 is 11.1 Å². The summed E-state index contributed by atoms with van der Waals surface area (Å²) in [5.74, 6) is -0.0916. The molecule has 100 valence electrons. The predicted octanol–water partition coefficient (Wildman–Crippen LogP) is 2.16. The average molecular weight is 285 g/mol. The summed E-state index contributed by atoms with van der Waals surface area (Å²) in [5.41, 5.74) is 5.00. The minimum Gasteiger partial charge on any atom is -0.392 e. The highest BCUT2D eigenvalue weighted by atomic mass is 32.1. The van der Waals surface area contributed by atoms with Crippen LogP contribution in [0.4, 0.5) is 0 Å². The fourth-order valence-electron chi connectivity index (χ4n) is 1.86. The SMILES string of the molecule is CCC(CC)(C(=O)NCc1cnc(C)s1)C(N)=S. The number of hydrogen-bond donors (Lipinski definition) is 2. The Morgan fingerprint density at radius 2 is 2.17 bits per heavy atom. The summed E-state index contributed by atoms with van der Waals surface area (Å²) < 4.78 is 0. The Kier molecular flexibility index (Phi) is 5.22. The molecule has 0 atom stereocenters. The molecule has 0 aliphatic carbocycles. The monoisotopic (exact) mass is 285 g/mol. The Balaban J connectivity index is 2.71. The molecule has 0 aliphatic rings. The summed E-state index contributed by atoms with van der Waals surface area (Å²) >= 11 is 6.62. The van der Waals surface area contributed by atoms with Gasteiger partial charge in [0, 0.05) is 11.1 Å². The van der Waals surface area contributed by atoms with Gasteiger partial charge in [-0.3, -0.25) is 4.79 Å². The van der Waals surface area contributed by atoms with Crippen molar-refractivity contribution in [2.75, 3.05) is 0 Å². The van der Waals surface area contributed by atoms with Crippen molar-refractivity contribution in [1.82, 2.24) is 10.3 Å². The standard InChI is InChI=1S/C12H19N3OS2/c1-4-12(5-2,10(13)17)11(16)15-7-9-6-14-8(3)18-9/h6H,4-5,7H2,1-3H3,(H2,13,17)(H,15,16). The van der Waals surface area contributed by atoms with Crippen LogP contribution in [0.25, 0.3) is 0 Å². The number of rotatable bonds is 6.